The highest BCUT2D eigenvalue weighted by Crippen LogP contribution is 2.39. The molecule has 4 aromatic rings. The number of nitrogens with one attached hydrogen (secondary N) is 1. The molecule has 0 spiro atoms. The first-order chi connectivity index (χ1) is 29.6. The number of carbonyl (C=O) groups is 3. The Balaban J connectivity index is 0.000000355. The number of likely N-dealkylation sites (tertiary alicyclic amines) is 2. The fraction of sp³-hybridized carbons (Fsp3) is 0.500. The molecular formula is C36H35F12N9O7. The minimum atomic E-state index is -5.08. The number of hydrogen-bond donors (Lipinski definition) is 4. The van der Waals surface area contributed by atoms with E-state index >= 15 is 0 Å². The number of hydrogen-bond acceptors (Lipinski definition) is 11. The van der Waals surface area contributed by atoms with E-state index in [2.05, 4.69) is 40.9 Å². The van der Waals surface area contributed by atoms with E-state index in [1.54, 1.807) is 12.3 Å². The van der Waals surface area contributed by atoms with Gasteiger partial charge in [-0.3, -0.25) is 14.5 Å². The van der Waals surface area contributed by atoms with Gasteiger partial charge in [-0.25, -0.2) is 29.3 Å². The van der Waals surface area contributed by atoms with Gasteiger partial charge in [0.25, 0.3) is 0 Å². The van der Waals surface area contributed by atoms with Crippen LogP contribution < -0.4 is 4.74 Å². The number of aromatic nitrogens is 6. The van der Waals surface area contributed by atoms with E-state index in [9.17, 15) is 57.9 Å². The quantitative estimate of drug-likeness (QED) is 0.136. The largest absolute Gasteiger partial charge is 0.490 e. The van der Waals surface area contributed by atoms with Gasteiger partial charge in [-0.1, -0.05) is 0 Å². The molecule has 1 aliphatic carbocycles. The lowest BCUT2D eigenvalue weighted by atomic mass is 9.82. The average molecular weight is 934 g/mol. The minimum Gasteiger partial charge on any atom is -0.475 e. The van der Waals surface area contributed by atoms with Crippen molar-refractivity contribution in [3.05, 3.63) is 54.4 Å². The maximum atomic E-state index is 13.6. The molecule has 350 valence electrons. The van der Waals surface area contributed by atoms with Crippen LogP contribution in [-0.4, -0.2) is 130 Å². The lowest BCUT2D eigenvalue weighted by Gasteiger charge is -2.53. The number of rotatable bonds is 8. The molecule has 3 aliphatic rings. The van der Waals surface area contributed by atoms with Crippen LogP contribution in [0.25, 0.3) is 22.3 Å². The van der Waals surface area contributed by atoms with Gasteiger partial charge in [0.15, 0.2) is 0 Å². The van der Waals surface area contributed by atoms with Crippen molar-refractivity contribution in [3.8, 4) is 23.2 Å². The third kappa shape index (κ3) is 13.6. The molecule has 28 heteroatoms. The standard InChI is InChI=1S/C30H32F3N9O.3C2HF3O2/c31-30(32,33)25-12-20(15-40-10-1-11-40)13-26(39-25)43-23-4-2-22(3-5-23)41-17-29(18-41,7-8-34)42-16-21(14-38-42)27-24-6-9-35-28(24)37-19-36-27;3*3-2(4,5)1(6)7/h6,9,12-14,16,19,22-23H,1-5,7,10-11,15,17-18H2,(H,35,36,37);3*(H,6,7)/t22-,23+;;;. The number of pyridine rings is 1. The fourth-order valence-electron chi connectivity index (χ4n) is 6.61. The SMILES string of the molecule is N#CCC1(n2cc(-c3ncnc4[nH]ccc34)cn2)CN([C@H]2CC[C@@H](Oc3cc(CN4CCC4)cc(C(F)(F)F)n3)CC2)C1.O=C(O)C(F)(F)F.O=C(O)C(F)(F)F.O=C(O)C(F)(F)F. The van der Waals surface area contributed by atoms with Crippen molar-refractivity contribution in [3.63, 3.8) is 0 Å². The van der Waals surface area contributed by atoms with Crippen molar-refractivity contribution in [1.82, 2.24) is 39.5 Å². The van der Waals surface area contributed by atoms with Gasteiger partial charge in [0, 0.05) is 55.1 Å². The Labute approximate surface area is 352 Å². The Kier molecular flexibility index (Phi) is 15.8. The summed E-state index contributed by atoms with van der Waals surface area (Å²) in [6.45, 7) is 3.68. The number of alkyl halides is 12. The second-order valence-electron chi connectivity index (χ2n) is 14.4. The molecule has 4 N–H and O–H groups in total. The van der Waals surface area contributed by atoms with E-state index in [1.807, 2.05) is 23.1 Å². The van der Waals surface area contributed by atoms with Gasteiger partial charge in [-0.05, 0) is 62.9 Å². The van der Waals surface area contributed by atoms with Crippen LogP contribution >= 0.6 is 0 Å². The molecule has 16 nitrogen and oxygen atoms in total. The van der Waals surface area contributed by atoms with E-state index in [0.29, 0.717) is 37.7 Å². The highest BCUT2D eigenvalue weighted by atomic mass is 19.4. The summed E-state index contributed by atoms with van der Waals surface area (Å²) in [6.07, 6.45) is -8.23. The molecule has 64 heavy (non-hydrogen) atoms. The molecule has 0 amide bonds. The van der Waals surface area contributed by atoms with Gasteiger partial charge in [0.1, 0.15) is 29.3 Å². The number of nitriles is 1. The Hall–Kier alpha value is -6.24. The molecule has 0 unspecified atom stereocenters. The van der Waals surface area contributed by atoms with Crippen LogP contribution in [0, 0.1) is 11.3 Å². The zero-order valence-electron chi connectivity index (χ0n) is 32.6. The third-order valence-electron chi connectivity index (χ3n) is 9.78. The Morgan fingerprint density at radius 2 is 1.42 bits per heavy atom. The van der Waals surface area contributed by atoms with Crippen LogP contribution in [0.2, 0.25) is 0 Å². The summed E-state index contributed by atoms with van der Waals surface area (Å²) in [6, 6.07) is 7.40. The molecule has 0 aromatic carbocycles. The second kappa shape index (κ2) is 20.1. The molecule has 3 fully saturated rings. The molecule has 1 saturated carbocycles. The number of aliphatic carboxylic acids is 3. The maximum Gasteiger partial charge on any atom is 0.490 e. The predicted octanol–water partition coefficient (Wildman–Crippen LogP) is 6.66. The number of carboxylic acid groups (broad SMARTS) is 3. The number of fused-ring (bicyclic) bond motifs is 1. The summed E-state index contributed by atoms with van der Waals surface area (Å²) in [5.41, 5.74) is 1.69. The van der Waals surface area contributed by atoms with E-state index in [4.69, 9.17) is 34.4 Å². The van der Waals surface area contributed by atoms with Gasteiger partial charge in [-0.2, -0.15) is 63.0 Å². The fourth-order valence-corrected chi connectivity index (χ4v) is 6.61. The maximum absolute atomic E-state index is 13.6. The average Bonchev–Trinajstić information content (AvgIpc) is 3.85. The van der Waals surface area contributed by atoms with Crippen molar-refractivity contribution in [2.45, 2.75) is 87.5 Å². The van der Waals surface area contributed by atoms with Crippen molar-refractivity contribution in [2.24, 2.45) is 0 Å². The lowest BCUT2D eigenvalue weighted by molar-refractivity contribution is -0.193. The highest BCUT2D eigenvalue weighted by Gasteiger charge is 2.48. The highest BCUT2D eigenvalue weighted by molar-refractivity contribution is 5.90. The number of carboxylic acids is 3. The van der Waals surface area contributed by atoms with Crippen molar-refractivity contribution >= 4 is 28.9 Å². The molecule has 6 heterocycles. The lowest BCUT2D eigenvalue weighted by Crippen LogP contribution is -2.65. The van der Waals surface area contributed by atoms with Crippen LogP contribution in [0.4, 0.5) is 52.7 Å². The van der Waals surface area contributed by atoms with Crippen molar-refractivity contribution in [2.75, 3.05) is 26.2 Å². The molecule has 4 aromatic heterocycles. The molecule has 2 aliphatic heterocycles. The van der Waals surface area contributed by atoms with E-state index in [1.165, 1.54) is 6.33 Å². The number of H-pyrrole nitrogens is 1. The zero-order valence-corrected chi connectivity index (χ0v) is 32.6. The van der Waals surface area contributed by atoms with Crippen molar-refractivity contribution in [1.29, 1.82) is 5.26 Å². The smallest absolute Gasteiger partial charge is 0.475 e. The van der Waals surface area contributed by atoms with Crippen LogP contribution in [0.5, 0.6) is 5.88 Å². The van der Waals surface area contributed by atoms with Crippen LogP contribution in [0.1, 0.15) is 49.8 Å². The first-order valence-corrected chi connectivity index (χ1v) is 18.4. The Morgan fingerprint density at radius 3 is 1.91 bits per heavy atom. The van der Waals surface area contributed by atoms with Gasteiger partial charge >= 0.3 is 42.6 Å². The van der Waals surface area contributed by atoms with Gasteiger partial charge < -0.3 is 25.0 Å². The monoisotopic (exact) mass is 933 g/mol. The zero-order chi connectivity index (χ0) is 47.8. The van der Waals surface area contributed by atoms with Crippen LogP contribution in [0.3, 0.4) is 0 Å². The van der Waals surface area contributed by atoms with Crippen LogP contribution in [0.15, 0.2) is 43.1 Å². The summed E-state index contributed by atoms with van der Waals surface area (Å²) >= 11 is 0. The van der Waals surface area contributed by atoms with Crippen molar-refractivity contribution < 1.29 is 87.1 Å². The first kappa shape index (κ1) is 50.4. The Bertz CT molecular complexity index is 2210. The molecule has 0 bridgehead atoms. The normalized spacial score (nSPS) is 18.9. The topological polar surface area (TPSA) is 224 Å². The molecule has 2 saturated heterocycles. The molecule has 7 rings (SSSR count). The van der Waals surface area contributed by atoms with Gasteiger partial charge in [0.05, 0.1) is 24.4 Å². The summed E-state index contributed by atoms with van der Waals surface area (Å²) in [5.74, 6) is -8.21. The first-order valence-electron chi connectivity index (χ1n) is 18.4. The number of ether oxygens (including phenoxy) is 1. The van der Waals surface area contributed by atoms with Gasteiger partial charge in [0.2, 0.25) is 5.88 Å². The minimum absolute atomic E-state index is 0.0564. The number of halogens is 12. The summed E-state index contributed by atoms with van der Waals surface area (Å²) < 4.78 is 144. The summed E-state index contributed by atoms with van der Waals surface area (Å²) in [7, 11) is 0. The van der Waals surface area contributed by atoms with Gasteiger partial charge in [-0.15, -0.1) is 0 Å². The van der Waals surface area contributed by atoms with Crippen LogP contribution in [-0.2, 0) is 32.6 Å². The second-order valence-corrected chi connectivity index (χ2v) is 14.4. The summed E-state index contributed by atoms with van der Waals surface area (Å²) in [4.78, 5) is 46.8. The Morgan fingerprint density at radius 1 is 0.859 bits per heavy atom. The summed E-state index contributed by atoms with van der Waals surface area (Å²) in [5, 5.41) is 36.6. The molecule has 0 radical (unpaired) electrons. The predicted molar refractivity (Wildman–Crippen MR) is 192 cm³/mol. The number of nitrogens with zero attached hydrogens (tertiary/aromatic N) is 8. The number of aromatic amines is 1. The molecular weight excluding hydrogens is 898 g/mol. The van der Waals surface area contributed by atoms with E-state index in [-0.39, 0.29) is 12.0 Å². The van der Waals surface area contributed by atoms with E-state index in [0.717, 1.165) is 73.6 Å². The molecule has 0 atom stereocenters. The van der Waals surface area contributed by atoms with E-state index < -0.39 is 53.8 Å². The third-order valence-corrected chi connectivity index (χ3v) is 9.78.